The van der Waals surface area contributed by atoms with Crippen molar-refractivity contribution < 1.29 is 24.6 Å². The van der Waals surface area contributed by atoms with Crippen molar-refractivity contribution in [2.45, 2.75) is 13.5 Å². The third-order valence-corrected chi connectivity index (χ3v) is 3.09. The van der Waals surface area contributed by atoms with Crippen LogP contribution >= 0.6 is 0 Å². The third kappa shape index (κ3) is 4.13. The van der Waals surface area contributed by atoms with Gasteiger partial charge in [-0.25, -0.2) is 4.79 Å². The van der Waals surface area contributed by atoms with Gasteiger partial charge in [0.1, 0.15) is 11.5 Å². The normalized spacial score (nSPS) is 11.3. The van der Waals surface area contributed by atoms with Crippen molar-refractivity contribution in [3.8, 4) is 0 Å². The van der Waals surface area contributed by atoms with Crippen molar-refractivity contribution in [3.63, 3.8) is 0 Å². The summed E-state index contributed by atoms with van der Waals surface area (Å²) in [6.45, 7) is 1.89. The topological polar surface area (TPSA) is 109 Å². The second kappa shape index (κ2) is 6.69. The number of carboxylic acid groups (broad SMARTS) is 1. The lowest BCUT2D eigenvalue weighted by Gasteiger charge is -2.03. The predicted molar refractivity (Wildman–Crippen MR) is 81.0 cm³/mol. The molecule has 2 aromatic rings. The van der Waals surface area contributed by atoms with E-state index >= 15 is 0 Å². The van der Waals surface area contributed by atoms with E-state index in [2.05, 4.69) is 5.10 Å². The fourth-order valence-electron chi connectivity index (χ4n) is 1.88. The van der Waals surface area contributed by atoms with Gasteiger partial charge in [0.2, 0.25) is 0 Å². The molecule has 23 heavy (non-hydrogen) atoms. The highest BCUT2D eigenvalue weighted by molar-refractivity contribution is 6.38. The van der Waals surface area contributed by atoms with E-state index < -0.39 is 17.5 Å². The van der Waals surface area contributed by atoms with Crippen LogP contribution in [-0.2, 0) is 16.1 Å². The lowest BCUT2D eigenvalue weighted by molar-refractivity contribution is -0.146. The van der Waals surface area contributed by atoms with Crippen molar-refractivity contribution >= 4 is 23.3 Å². The van der Waals surface area contributed by atoms with Crippen molar-refractivity contribution in [2.75, 3.05) is 0 Å². The Hall–Kier alpha value is -3.22. The highest BCUT2D eigenvalue weighted by Gasteiger charge is 2.12. The van der Waals surface area contributed by atoms with Gasteiger partial charge in [-0.3, -0.25) is 14.3 Å². The molecule has 7 heteroatoms. The Kier molecular flexibility index (Phi) is 4.70. The van der Waals surface area contributed by atoms with Gasteiger partial charge in [0, 0.05) is 17.8 Å². The van der Waals surface area contributed by atoms with Gasteiger partial charge in [0.15, 0.2) is 5.78 Å². The molecule has 0 unspecified atom stereocenters. The maximum atomic E-state index is 11.2. The first-order chi connectivity index (χ1) is 10.9. The van der Waals surface area contributed by atoms with Crippen molar-refractivity contribution in [1.29, 1.82) is 0 Å². The standard InChI is InChI=1S/C16H14N2O5/c1-10(19)12-4-2-11(3-5-12)9-18-7-6-13(17-18)14(20)8-15(21)16(22)23/h2-8,20H,9H2,1H3,(H,22,23). The summed E-state index contributed by atoms with van der Waals surface area (Å²) >= 11 is 0. The summed E-state index contributed by atoms with van der Waals surface area (Å²) in [6, 6.07) is 8.48. The minimum absolute atomic E-state index is 0.0175. The number of carbonyl (C=O) groups excluding carboxylic acids is 2. The summed E-state index contributed by atoms with van der Waals surface area (Å²) < 4.78 is 1.52. The number of nitrogens with zero attached hydrogens (tertiary/aromatic N) is 2. The molecule has 0 bridgehead atoms. The number of rotatable bonds is 6. The number of aliphatic hydroxyl groups is 1. The highest BCUT2D eigenvalue weighted by Crippen LogP contribution is 2.11. The predicted octanol–water partition coefficient (Wildman–Crippen LogP) is 1.69. The van der Waals surface area contributed by atoms with E-state index in [1.54, 1.807) is 30.5 Å². The van der Waals surface area contributed by atoms with Gasteiger partial charge >= 0.3 is 5.97 Å². The fourth-order valence-corrected chi connectivity index (χ4v) is 1.88. The molecule has 0 amide bonds. The number of aliphatic hydroxyl groups excluding tert-OH is 1. The number of aromatic nitrogens is 2. The summed E-state index contributed by atoms with van der Waals surface area (Å²) in [5.41, 5.74) is 1.61. The van der Waals surface area contributed by atoms with E-state index in [-0.39, 0.29) is 11.5 Å². The minimum Gasteiger partial charge on any atom is -0.505 e. The van der Waals surface area contributed by atoms with Gasteiger partial charge in [0.25, 0.3) is 5.78 Å². The first-order valence-electron chi connectivity index (χ1n) is 6.68. The number of hydrogen-bond acceptors (Lipinski definition) is 5. The molecule has 0 radical (unpaired) electrons. The molecule has 2 N–H and O–H groups in total. The van der Waals surface area contributed by atoms with E-state index in [0.717, 1.165) is 5.56 Å². The Morgan fingerprint density at radius 2 is 1.78 bits per heavy atom. The van der Waals surface area contributed by atoms with E-state index in [0.29, 0.717) is 18.2 Å². The van der Waals surface area contributed by atoms with Crippen molar-refractivity contribution in [2.24, 2.45) is 0 Å². The monoisotopic (exact) mass is 314 g/mol. The second-order valence-electron chi connectivity index (χ2n) is 4.85. The number of benzene rings is 1. The van der Waals surface area contributed by atoms with Crippen LogP contribution in [0.15, 0.2) is 42.6 Å². The van der Waals surface area contributed by atoms with Crippen LogP contribution in [0.2, 0.25) is 0 Å². The summed E-state index contributed by atoms with van der Waals surface area (Å²) in [6.07, 6.45) is 2.19. The molecule has 2 rings (SSSR count). The van der Waals surface area contributed by atoms with Crippen LogP contribution in [0.4, 0.5) is 0 Å². The third-order valence-electron chi connectivity index (χ3n) is 3.09. The lowest BCUT2D eigenvalue weighted by Crippen LogP contribution is -2.09. The first-order valence-corrected chi connectivity index (χ1v) is 6.68. The molecule has 0 aliphatic heterocycles. The van der Waals surface area contributed by atoms with Crippen LogP contribution in [0.1, 0.15) is 28.5 Å². The summed E-state index contributed by atoms with van der Waals surface area (Å²) in [5, 5.41) is 22.2. The summed E-state index contributed by atoms with van der Waals surface area (Å²) in [7, 11) is 0. The van der Waals surface area contributed by atoms with E-state index in [9.17, 15) is 19.5 Å². The molecule has 7 nitrogen and oxygen atoms in total. The summed E-state index contributed by atoms with van der Waals surface area (Å²) in [5.74, 6) is -3.41. The number of aliphatic carboxylic acids is 1. The average molecular weight is 314 g/mol. The highest BCUT2D eigenvalue weighted by atomic mass is 16.4. The number of carbonyl (C=O) groups is 3. The maximum absolute atomic E-state index is 11.2. The van der Waals surface area contributed by atoms with Gasteiger partial charge in [-0.15, -0.1) is 0 Å². The van der Waals surface area contributed by atoms with Gasteiger partial charge in [-0.05, 0) is 18.6 Å². The zero-order valence-corrected chi connectivity index (χ0v) is 12.3. The molecule has 0 saturated carbocycles. The van der Waals surface area contributed by atoms with Gasteiger partial charge in [-0.1, -0.05) is 24.3 Å². The molecule has 0 spiro atoms. The Morgan fingerprint density at radius 1 is 1.13 bits per heavy atom. The average Bonchev–Trinajstić information content (AvgIpc) is 2.96. The minimum atomic E-state index is -1.65. The fraction of sp³-hybridized carbons (Fsp3) is 0.125. The number of ketones is 2. The molecule has 1 heterocycles. The quantitative estimate of drug-likeness (QED) is 0.363. The molecule has 0 saturated heterocycles. The molecule has 0 atom stereocenters. The van der Waals surface area contributed by atoms with E-state index in [4.69, 9.17) is 5.11 Å². The van der Waals surface area contributed by atoms with Crippen molar-refractivity contribution in [3.05, 3.63) is 59.4 Å². The molecule has 1 aromatic heterocycles. The molecule has 0 fully saturated rings. The number of hydrogen-bond donors (Lipinski definition) is 2. The SMILES string of the molecule is CC(=O)c1ccc(Cn2ccc(C(O)=CC(=O)C(=O)O)n2)cc1. The second-order valence-corrected chi connectivity index (χ2v) is 4.85. The smallest absolute Gasteiger partial charge is 0.376 e. The van der Waals surface area contributed by atoms with Crippen LogP contribution in [0, 0.1) is 0 Å². The molecule has 0 aliphatic rings. The van der Waals surface area contributed by atoms with E-state index in [1.165, 1.54) is 17.7 Å². The lowest BCUT2D eigenvalue weighted by atomic mass is 10.1. The largest absolute Gasteiger partial charge is 0.505 e. The van der Waals surface area contributed by atoms with Crippen molar-refractivity contribution in [1.82, 2.24) is 9.78 Å². The number of carboxylic acids is 1. The molecular formula is C16H14N2O5. The number of Topliss-reactive ketones (excluding diaryl/α,β-unsaturated/α-hetero) is 1. The Morgan fingerprint density at radius 3 is 2.35 bits per heavy atom. The van der Waals surface area contributed by atoms with Gasteiger partial charge in [-0.2, -0.15) is 5.10 Å². The van der Waals surface area contributed by atoms with E-state index in [1.807, 2.05) is 0 Å². The van der Waals surface area contributed by atoms with Crippen LogP contribution in [0.3, 0.4) is 0 Å². The Balaban J connectivity index is 2.11. The molecule has 118 valence electrons. The van der Waals surface area contributed by atoms with Crippen LogP contribution < -0.4 is 0 Å². The van der Waals surface area contributed by atoms with Crippen LogP contribution in [-0.4, -0.2) is 37.5 Å². The molecule has 1 aromatic carbocycles. The molecule has 0 aliphatic carbocycles. The zero-order valence-electron chi connectivity index (χ0n) is 12.3. The first kappa shape index (κ1) is 16.2. The Bertz CT molecular complexity index is 787. The van der Waals surface area contributed by atoms with Gasteiger partial charge in [0.05, 0.1) is 6.54 Å². The zero-order chi connectivity index (χ0) is 17.0. The summed E-state index contributed by atoms with van der Waals surface area (Å²) in [4.78, 5) is 32.7. The van der Waals surface area contributed by atoms with Crippen LogP contribution in [0.25, 0.3) is 5.76 Å². The molecular weight excluding hydrogens is 300 g/mol. The maximum Gasteiger partial charge on any atom is 0.376 e. The Labute approximate surface area is 131 Å². The van der Waals surface area contributed by atoms with Crippen LogP contribution in [0.5, 0.6) is 0 Å². The van der Waals surface area contributed by atoms with Gasteiger partial charge < -0.3 is 10.2 Å².